The number of amides is 1. The Kier molecular flexibility index (Phi) is 3.93. The van der Waals surface area contributed by atoms with Crippen LogP contribution in [0, 0.1) is 12.8 Å². The average Bonchev–Trinajstić information content (AvgIpc) is 3.23. The Bertz CT molecular complexity index is 808. The maximum Gasteiger partial charge on any atom is 0.251 e. The zero-order chi connectivity index (χ0) is 16.7. The molecule has 1 aromatic carbocycles. The van der Waals surface area contributed by atoms with E-state index >= 15 is 0 Å². The molecule has 3 atom stereocenters. The van der Waals surface area contributed by atoms with Gasteiger partial charge in [0.25, 0.3) is 5.91 Å². The number of hydrogen-bond acceptors (Lipinski definition) is 3. The molecule has 0 saturated carbocycles. The molecule has 2 N–H and O–H groups in total. The average molecular weight is 338 g/mol. The van der Waals surface area contributed by atoms with Gasteiger partial charge in [-0.1, -0.05) is 12.2 Å². The topological polar surface area (TPSA) is 41.1 Å². The molecule has 124 valence electrons. The Morgan fingerprint density at radius 2 is 2.21 bits per heavy atom. The van der Waals surface area contributed by atoms with E-state index in [0.717, 1.165) is 17.7 Å². The number of thiophene rings is 1. The third-order valence-corrected chi connectivity index (χ3v) is 6.11. The number of anilines is 1. The molecule has 4 rings (SSSR count). The Balaban J connectivity index is 1.71. The monoisotopic (exact) mass is 338 g/mol. The number of fused-ring (bicyclic) bond motifs is 3. The molecule has 2 aromatic rings. The lowest BCUT2D eigenvalue weighted by molar-refractivity contribution is 0.0955. The second kappa shape index (κ2) is 6.10. The Morgan fingerprint density at radius 3 is 2.96 bits per heavy atom. The predicted molar refractivity (Wildman–Crippen MR) is 99.9 cm³/mol. The van der Waals surface area contributed by atoms with Crippen LogP contribution in [0.5, 0.6) is 0 Å². The van der Waals surface area contributed by atoms with Crippen molar-refractivity contribution in [3.8, 4) is 0 Å². The van der Waals surface area contributed by atoms with Gasteiger partial charge in [-0.3, -0.25) is 4.79 Å². The first-order valence-electron chi connectivity index (χ1n) is 8.59. The number of nitrogens with one attached hydrogen (secondary N) is 2. The van der Waals surface area contributed by atoms with Gasteiger partial charge >= 0.3 is 0 Å². The highest BCUT2D eigenvalue weighted by atomic mass is 32.1. The fourth-order valence-corrected chi connectivity index (χ4v) is 4.91. The summed E-state index contributed by atoms with van der Waals surface area (Å²) in [4.78, 5) is 14.9. The minimum atomic E-state index is 0.00910. The second-order valence-electron chi connectivity index (χ2n) is 6.59. The van der Waals surface area contributed by atoms with Crippen LogP contribution in [0.3, 0.4) is 0 Å². The number of carbonyl (C=O) groups excluding carboxylic acids is 1. The van der Waals surface area contributed by atoms with E-state index in [9.17, 15) is 4.79 Å². The molecular formula is C20H22N2OS. The molecule has 2 aliphatic rings. The van der Waals surface area contributed by atoms with E-state index in [1.54, 1.807) is 0 Å². The highest BCUT2D eigenvalue weighted by Crippen LogP contribution is 2.50. The van der Waals surface area contributed by atoms with E-state index in [1.165, 1.54) is 15.3 Å². The molecule has 4 heteroatoms. The lowest BCUT2D eigenvalue weighted by Gasteiger charge is -2.37. The Hall–Kier alpha value is -2.07. The van der Waals surface area contributed by atoms with Gasteiger partial charge < -0.3 is 10.6 Å². The molecule has 0 bridgehead atoms. The van der Waals surface area contributed by atoms with Gasteiger partial charge in [-0.15, -0.1) is 11.3 Å². The van der Waals surface area contributed by atoms with Crippen molar-refractivity contribution in [2.45, 2.75) is 32.2 Å². The fourth-order valence-electron chi connectivity index (χ4n) is 3.90. The second-order valence-corrected chi connectivity index (χ2v) is 7.90. The fraction of sp³-hybridized carbons (Fsp3) is 0.350. The van der Waals surface area contributed by atoms with Crippen LogP contribution >= 0.6 is 11.3 Å². The van der Waals surface area contributed by atoms with E-state index in [2.05, 4.69) is 54.0 Å². The summed E-state index contributed by atoms with van der Waals surface area (Å²) < 4.78 is 0. The van der Waals surface area contributed by atoms with Crippen LogP contribution in [0.25, 0.3) is 0 Å². The van der Waals surface area contributed by atoms with Gasteiger partial charge in [0.05, 0.1) is 6.04 Å². The smallest absolute Gasteiger partial charge is 0.251 e. The lowest BCUT2D eigenvalue weighted by atomic mass is 9.78. The van der Waals surface area contributed by atoms with Gasteiger partial charge in [-0.05, 0) is 62.1 Å². The number of carbonyl (C=O) groups is 1. The van der Waals surface area contributed by atoms with E-state index in [1.807, 2.05) is 24.3 Å². The third-order valence-electron chi connectivity index (χ3n) is 5.03. The minimum absolute atomic E-state index is 0.00910. The van der Waals surface area contributed by atoms with Crippen molar-refractivity contribution in [2.24, 2.45) is 5.92 Å². The highest BCUT2D eigenvalue weighted by molar-refractivity contribution is 7.12. The van der Waals surface area contributed by atoms with Gasteiger partial charge in [0.15, 0.2) is 0 Å². The van der Waals surface area contributed by atoms with Crippen molar-refractivity contribution in [1.82, 2.24) is 5.32 Å². The molecule has 3 nitrogen and oxygen atoms in total. The van der Waals surface area contributed by atoms with Crippen LogP contribution in [0.2, 0.25) is 0 Å². The number of allylic oxidation sites excluding steroid dienone is 2. The zero-order valence-electron chi connectivity index (χ0n) is 14.0. The number of aryl methyl sites for hydroxylation is 1. The first-order valence-corrected chi connectivity index (χ1v) is 9.40. The van der Waals surface area contributed by atoms with Crippen molar-refractivity contribution >= 4 is 22.9 Å². The van der Waals surface area contributed by atoms with E-state index in [4.69, 9.17) is 0 Å². The van der Waals surface area contributed by atoms with Crippen LogP contribution in [0.1, 0.15) is 51.0 Å². The van der Waals surface area contributed by atoms with Crippen molar-refractivity contribution in [2.75, 3.05) is 11.9 Å². The molecule has 0 fully saturated rings. The van der Waals surface area contributed by atoms with Crippen LogP contribution in [-0.4, -0.2) is 12.5 Å². The summed E-state index contributed by atoms with van der Waals surface area (Å²) in [7, 11) is 0. The Labute approximate surface area is 146 Å². The molecule has 0 saturated heterocycles. The van der Waals surface area contributed by atoms with Gasteiger partial charge in [0.2, 0.25) is 0 Å². The van der Waals surface area contributed by atoms with Gasteiger partial charge in [0, 0.05) is 33.5 Å². The predicted octanol–water partition coefficient (Wildman–Crippen LogP) is 4.63. The SMILES string of the molecule is CCNC(=O)c1ccc2c(c1)C1C=CCC1C(c1ccc(C)s1)N2. The van der Waals surface area contributed by atoms with Crippen LogP contribution in [0.4, 0.5) is 5.69 Å². The first-order chi connectivity index (χ1) is 11.7. The molecule has 0 radical (unpaired) electrons. The lowest BCUT2D eigenvalue weighted by Crippen LogP contribution is -2.29. The van der Waals surface area contributed by atoms with Crippen molar-refractivity contribution in [3.63, 3.8) is 0 Å². The van der Waals surface area contributed by atoms with Crippen LogP contribution in [0.15, 0.2) is 42.5 Å². The van der Waals surface area contributed by atoms with Gasteiger partial charge in [-0.2, -0.15) is 0 Å². The summed E-state index contributed by atoms with van der Waals surface area (Å²) in [5.74, 6) is 0.929. The van der Waals surface area contributed by atoms with Crippen LogP contribution in [-0.2, 0) is 0 Å². The number of rotatable bonds is 3. The summed E-state index contributed by atoms with van der Waals surface area (Å²) in [5.41, 5.74) is 3.16. The quantitative estimate of drug-likeness (QED) is 0.801. The summed E-state index contributed by atoms with van der Waals surface area (Å²) in [6.07, 6.45) is 5.70. The van der Waals surface area contributed by atoms with Crippen molar-refractivity contribution in [1.29, 1.82) is 0 Å². The van der Waals surface area contributed by atoms with Crippen molar-refractivity contribution in [3.05, 3.63) is 63.4 Å². The number of benzene rings is 1. The zero-order valence-corrected chi connectivity index (χ0v) is 14.8. The van der Waals surface area contributed by atoms with Gasteiger partial charge in [-0.25, -0.2) is 0 Å². The summed E-state index contributed by atoms with van der Waals surface area (Å²) >= 11 is 1.88. The van der Waals surface area contributed by atoms with Gasteiger partial charge in [0.1, 0.15) is 0 Å². The summed E-state index contributed by atoms with van der Waals surface area (Å²) in [6.45, 7) is 4.76. The Morgan fingerprint density at radius 1 is 1.33 bits per heavy atom. The molecular weight excluding hydrogens is 316 g/mol. The third kappa shape index (κ3) is 2.55. The van der Waals surface area contributed by atoms with Crippen LogP contribution < -0.4 is 10.6 Å². The summed E-state index contributed by atoms with van der Waals surface area (Å²) in [6, 6.07) is 10.9. The molecule has 24 heavy (non-hydrogen) atoms. The van der Waals surface area contributed by atoms with E-state index in [0.29, 0.717) is 24.4 Å². The molecule has 0 spiro atoms. The molecule has 1 aromatic heterocycles. The minimum Gasteiger partial charge on any atom is -0.377 e. The molecule has 3 unspecified atom stereocenters. The highest BCUT2D eigenvalue weighted by Gasteiger charge is 2.38. The molecule has 1 amide bonds. The molecule has 1 aliphatic carbocycles. The summed E-state index contributed by atoms with van der Waals surface area (Å²) in [5, 5.41) is 6.62. The number of hydrogen-bond donors (Lipinski definition) is 2. The van der Waals surface area contributed by atoms with Crippen molar-refractivity contribution < 1.29 is 4.79 Å². The largest absolute Gasteiger partial charge is 0.377 e. The first kappa shape index (κ1) is 15.5. The van der Waals surface area contributed by atoms with E-state index < -0.39 is 0 Å². The normalized spacial score (nSPS) is 24.2. The maximum atomic E-state index is 12.2. The maximum absolute atomic E-state index is 12.2. The van der Waals surface area contributed by atoms with E-state index in [-0.39, 0.29) is 5.91 Å². The molecule has 2 heterocycles. The standard InChI is InChI=1S/C20H22N2OS/c1-3-21-20(23)13-8-9-17-16(11-13)14-5-4-6-15(14)19(22-17)18-10-7-12(2)24-18/h4-5,7-11,14-15,19,22H,3,6H2,1-2H3,(H,21,23). The molecule has 1 aliphatic heterocycles.